The van der Waals surface area contributed by atoms with Crippen LogP contribution in [0.25, 0.3) is 22.3 Å². The smallest absolute Gasteiger partial charge is 0.252 e. The predicted molar refractivity (Wildman–Crippen MR) is 224 cm³/mol. The van der Waals surface area contributed by atoms with E-state index in [2.05, 4.69) is 203 Å². The summed E-state index contributed by atoms with van der Waals surface area (Å²) >= 11 is 0. The van der Waals surface area contributed by atoms with Gasteiger partial charge in [0.25, 0.3) is 6.71 Å². The van der Waals surface area contributed by atoms with E-state index in [9.17, 15) is 0 Å². The van der Waals surface area contributed by atoms with Gasteiger partial charge in [0.05, 0.1) is 5.69 Å². The van der Waals surface area contributed by atoms with Crippen molar-refractivity contribution >= 4 is 57.2 Å². The van der Waals surface area contributed by atoms with Crippen LogP contribution in [0, 0.1) is 20.8 Å². The van der Waals surface area contributed by atoms with E-state index in [0.717, 1.165) is 0 Å². The molecule has 0 radical (unpaired) electrons. The van der Waals surface area contributed by atoms with Crippen molar-refractivity contribution in [3.8, 4) is 22.3 Å². The summed E-state index contributed by atoms with van der Waals surface area (Å²) in [5, 5.41) is 0. The number of anilines is 6. The molecule has 3 heteroatoms. The summed E-state index contributed by atoms with van der Waals surface area (Å²) in [7, 11) is 0. The Kier molecular flexibility index (Phi) is 7.52. The van der Waals surface area contributed by atoms with Crippen molar-refractivity contribution in [3.05, 3.63) is 174 Å². The Hall–Kier alpha value is -5.80. The number of aryl methyl sites for hydroxylation is 3. The lowest BCUT2D eigenvalue weighted by atomic mass is 9.33. The van der Waals surface area contributed by atoms with Crippen LogP contribution >= 0.6 is 0 Å². The normalized spacial score (nSPS) is 13.1. The molecule has 0 saturated heterocycles. The van der Waals surface area contributed by atoms with Gasteiger partial charge in [-0.05, 0) is 107 Å². The summed E-state index contributed by atoms with van der Waals surface area (Å²) in [6.45, 7) is 13.6. The maximum absolute atomic E-state index is 2.56. The van der Waals surface area contributed by atoms with Gasteiger partial charge in [0, 0.05) is 34.0 Å². The summed E-state index contributed by atoms with van der Waals surface area (Å²) in [6.07, 6.45) is 0. The fourth-order valence-corrected chi connectivity index (χ4v) is 8.34. The minimum atomic E-state index is -0.00201. The largest absolute Gasteiger partial charge is 0.311 e. The molecule has 0 saturated carbocycles. The number of rotatable bonds is 4. The van der Waals surface area contributed by atoms with Crippen molar-refractivity contribution in [3.63, 3.8) is 0 Å². The maximum atomic E-state index is 2.56. The number of hydrogen-bond donors (Lipinski definition) is 0. The van der Waals surface area contributed by atoms with E-state index in [1.54, 1.807) is 0 Å². The zero-order chi connectivity index (χ0) is 35.7. The predicted octanol–water partition coefficient (Wildman–Crippen LogP) is 11.3. The molecule has 252 valence electrons. The van der Waals surface area contributed by atoms with Gasteiger partial charge in [0.2, 0.25) is 0 Å². The molecule has 0 amide bonds. The molecule has 2 heterocycles. The lowest BCUT2D eigenvalue weighted by molar-refractivity contribution is 0.591. The highest BCUT2D eigenvalue weighted by Gasteiger charge is 2.44. The van der Waals surface area contributed by atoms with Gasteiger partial charge in [-0.1, -0.05) is 147 Å². The Morgan fingerprint density at radius 3 is 1.79 bits per heavy atom. The SMILES string of the molecule is Cc1ccc(N2c3ccc(C)cc3B3c4cc(C(C)(C)C)ccc4N(c4ccccc4-c4ccccc4)c4cc(-c5cccc(C)c5)cc2c43)cc1. The van der Waals surface area contributed by atoms with Crippen molar-refractivity contribution in [1.29, 1.82) is 0 Å². The Bertz CT molecular complexity index is 2490. The number of benzene rings is 7. The molecule has 2 aliphatic heterocycles. The Labute approximate surface area is 309 Å². The van der Waals surface area contributed by atoms with Gasteiger partial charge < -0.3 is 9.80 Å². The molecule has 7 aromatic rings. The molecule has 9 rings (SSSR count). The first-order valence-corrected chi connectivity index (χ1v) is 18.5. The first-order valence-electron chi connectivity index (χ1n) is 18.5. The summed E-state index contributed by atoms with van der Waals surface area (Å²) in [6, 6.07) is 56.9. The molecule has 2 nitrogen and oxygen atoms in total. The first-order chi connectivity index (χ1) is 25.2. The minimum absolute atomic E-state index is 0.00201. The first kappa shape index (κ1) is 32.1. The van der Waals surface area contributed by atoms with Crippen molar-refractivity contribution in [2.75, 3.05) is 9.80 Å². The topological polar surface area (TPSA) is 6.48 Å². The molecule has 0 aliphatic carbocycles. The van der Waals surface area contributed by atoms with Crippen LogP contribution < -0.4 is 26.2 Å². The van der Waals surface area contributed by atoms with E-state index in [1.807, 2.05) is 0 Å². The third-order valence-electron chi connectivity index (χ3n) is 11.0. The summed E-state index contributed by atoms with van der Waals surface area (Å²) < 4.78 is 0. The van der Waals surface area contributed by atoms with E-state index < -0.39 is 0 Å². The fraction of sp³-hybridized carbons (Fsp3) is 0.143. The van der Waals surface area contributed by atoms with Crippen LogP contribution in [0.1, 0.15) is 43.0 Å². The molecule has 0 bridgehead atoms. The van der Waals surface area contributed by atoms with Crippen molar-refractivity contribution in [2.24, 2.45) is 0 Å². The van der Waals surface area contributed by atoms with Crippen LogP contribution in [0.5, 0.6) is 0 Å². The molecule has 0 atom stereocenters. The number of hydrogen-bond acceptors (Lipinski definition) is 2. The van der Waals surface area contributed by atoms with Gasteiger partial charge in [-0.15, -0.1) is 0 Å². The highest BCUT2D eigenvalue weighted by atomic mass is 15.2. The molecule has 0 aromatic heterocycles. The van der Waals surface area contributed by atoms with Crippen LogP contribution in [0.4, 0.5) is 34.1 Å². The highest BCUT2D eigenvalue weighted by molar-refractivity contribution is 7.00. The zero-order valence-corrected chi connectivity index (χ0v) is 30.9. The number of nitrogens with zero attached hydrogens (tertiary/aromatic N) is 2. The average Bonchev–Trinajstić information content (AvgIpc) is 3.15. The van der Waals surface area contributed by atoms with Gasteiger partial charge in [0.15, 0.2) is 0 Å². The molecule has 7 aromatic carbocycles. The summed E-state index contributed by atoms with van der Waals surface area (Å²) in [4.78, 5) is 5.08. The van der Waals surface area contributed by atoms with E-state index in [0.29, 0.717) is 0 Å². The molecular formula is C49H43BN2. The standard InChI is InChI=1S/C49H43BN2/c1-32-19-23-39(24-20-32)51-44-25-21-34(3)28-41(44)50-42-31-38(49(4,5)6)22-26-45(42)52(43-18-11-10-17-40(43)35-14-8-7-9-15-35)47-30-37(29-46(51)48(47)50)36-16-12-13-33(2)27-36/h7-31H,1-6H3. The van der Waals surface area contributed by atoms with E-state index >= 15 is 0 Å². The van der Waals surface area contributed by atoms with E-state index in [1.165, 1.54) is 95.0 Å². The van der Waals surface area contributed by atoms with Crippen molar-refractivity contribution in [2.45, 2.75) is 47.0 Å². The van der Waals surface area contributed by atoms with Gasteiger partial charge in [-0.25, -0.2) is 0 Å². The fourth-order valence-electron chi connectivity index (χ4n) is 8.34. The third-order valence-corrected chi connectivity index (χ3v) is 11.0. The number of para-hydroxylation sites is 1. The van der Waals surface area contributed by atoms with Crippen molar-refractivity contribution < 1.29 is 0 Å². The quantitative estimate of drug-likeness (QED) is 0.172. The Morgan fingerprint density at radius 1 is 0.423 bits per heavy atom. The summed E-state index contributed by atoms with van der Waals surface area (Å²) in [5.41, 5.74) is 21.3. The minimum Gasteiger partial charge on any atom is -0.311 e. The van der Waals surface area contributed by atoms with Gasteiger partial charge in [-0.2, -0.15) is 0 Å². The van der Waals surface area contributed by atoms with Crippen LogP contribution in [-0.2, 0) is 5.41 Å². The van der Waals surface area contributed by atoms with E-state index in [-0.39, 0.29) is 12.1 Å². The van der Waals surface area contributed by atoms with E-state index in [4.69, 9.17) is 0 Å². The molecular weight excluding hydrogens is 627 g/mol. The lowest BCUT2D eigenvalue weighted by Crippen LogP contribution is -2.61. The van der Waals surface area contributed by atoms with Gasteiger partial charge >= 0.3 is 0 Å². The van der Waals surface area contributed by atoms with Crippen LogP contribution in [0.3, 0.4) is 0 Å². The third kappa shape index (κ3) is 5.26. The average molecular weight is 671 g/mol. The molecule has 52 heavy (non-hydrogen) atoms. The monoisotopic (exact) mass is 670 g/mol. The molecule has 0 fully saturated rings. The maximum Gasteiger partial charge on any atom is 0.252 e. The van der Waals surface area contributed by atoms with Gasteiger partial charge in [-0.3, -0.25) is 0 Å². The highest BCUT2D eigenvalue weighted by Crippen LogP contribution is 2.48. The second-order valence-corrected chi connectivity index (χ2v) is 15.7. The molecule has 0 N–H and O–H groups in total. The van der Waals surface area contributed by atoms with Crippen LogP contribution in [-0.4, -0.2) is 6.71 Å². The lowest BCUT2D eigenvalue weighted by Gasteiger charge is -2.45. The van der Waals surface area contributed by atoms with Crippen LogP contribution in [0.2, 0.25) is 0 Å². The Balaban J connectivity index is 1.44. The Morgan fingerprint density at radius 2 is 1.04 bits per heavy atom. The van der Waals surface area contributed by atoms with Crippen LogP contribution in [0.15, 0.2) is 152 Å². The second kappa shape index (κ2) is 12.2. The number of fused-ring (bicyclic) bond motifs is 4. The van der Waals surface area contributed by atoms with Gasteiger partial charge in [0.1, 0.15) is 0 Å². The molecule has 0 spiro atoms. The summed E-state index contributed by atoms with van der Waals surface area (Å²) in [5.74, 6) is 0. The second-order valence-electron chi connectivity index (χ2n) is 15.7. The molecule has 2 aliphatic rings. The zero-order valence-electron chi connectivity index (χ0n) is 30.9. The molecule has 0 unspecified atom stereocenters. The van der Waals surface area contributed by atoms with Crippen molar-refractivity contribution in [1.82, 2.24) is 0 Å².